The Hall–Kier alpha value is -1.51. The third-order valence-electron chi connectivity index (χ3n) is 4.57. The minimum absolute atomic E-state index is 0. The molecule has 1 amide bonds. The normalized spacial score (nSPS) is 16.4. The van der Waals surface area contributed by atoms with E-state index in [0.29, 0.717) is 12.6 Å². The molecule has 0 aromatic heterocycles. The zero-order valence-electron chi connectivity index (χ0n) is 15.8. The van der Waals surface area contributed by atoms with E-state index in [1.54, 1.807) is 19.0 Å². The van der Waals surface area contributed by atoms with Gasteiger partial charge < -0.3 is 19.9 Å². The standard InChI is InChI=1S/C19H28N4O2.HI/c1-4-25-17-8-5-15-13-23(10-9-14(15)11-17)19(21-16-6-7-16)20-12-18(24)22(2)3;/h5,8,11,16H,4,6-7,9-10,12-13H2,1-3H3,(H,20,21);1H. The first-order valence-electron chi connectivity index (χ1n) is 9.07. The Morgan fingerprint density at radius 2 is 2.12 bits per heavy atom. The number of amides is 1. The number of carbonyl (C=O) groups excluding carboxylic acids is 1. The number of hydrogen-bond donors (Lipinski definition) is 1. The Morgan fingerprint density at radius 3 is 2.77 bits per heavy atom. The van der Waals surface area contributed by atoms with E-state index in [1.165, 1.54) is 24.0 Å². The van der Waals surface area contributed by atoms with Gasteiger partial charge in [0.05, 0.1) is 6.61 Å². The van der Waals surface area contributed by atoms with Crippen molar-refractivity contribution in [3.8, 4) is 5.75 Å². The van der Waals surface area contributed by atoms with Crippen LogP contribution < -0.4 is 10.1 Å². The summed E-state index contributed by atoms with van der Waals surface area (Å²) in [5.41, 5.74) is 2.65. The van der Waals surface area contributed by atoms with Gasteiger partial charge in [-0.25, -0.2) is 4.99 Å². The number of likely N-dealkylation sites (N-methyl/N-ethyl adjacent to an activating group) is 1. The highest BCUT2D eigenvalue weighted by molar-refractivity contribution is 14.0. The number of hydrogen-bond acceptors (Lipinski definition) is 3. The van der Waals surface area contributed by atoms with Crippen molar-refractivity contribution in [2.75, 3.05) is 33.8 Å². The van der Waals surface area contributed by atoms with Crippen LogP contribution in [0.1, 0.15) is 30.9 Å². The fourth-order valence-electron chi connectivity index (χ4n) is 2.90. The summed E-state index contributed by atoms with van der Waals surface area (Å²) in [4.78, 5) is 20.3. The van der Waals surface area contributed by atoms with E-state index in [1.807, 2.05) is 13.0 Å². The predicted octanol–water partition coefficient (Wildman–Crippen LogP) is 2.26. The molecule has 1 aliphatic carbocycles. The SMILES string of the molecule is CCOc1ccc2c(c1)CCN(C(=NCC(=O)N(C)C)NC1CC1)C2.I. The highest BCUT2D eigenvalue weighted by Gasteiger charge is 2.27. The minimum atomic E-state index is 0. The highest BCUT2D eigenvalue weighted by atomic mass is 127. The molecular formula is C19H29IN4O2. The van der Waals surface area contributed by atoms with E-state index in [4.69, 9.17) is 4.74 Å². The smallest absolute Gasteiger partial charge is 0.243 e. The molecule has 1 fully saturated rings. The third-order valence-corrected chi connectivity index (χ3v) is 4.57. The van der Waals surface area contributed by atoms with Crippen molar-refractivity contribution in [3.63, 3.8) is 0 Å². The van der Waals surface area contributed by atoms with Crippen LogP contribution in [0.5, 0.6) is 5.75 Å². The molecule has 2 aliphatic rings. The number of ether oxygens (including phenoxy) is 1. The maximum atomic E-state index is 11.9. The predicted molar refractivity (Wildman–Crippen MR) is 114 cm³/mol. The van der Waals surface area contributed by atoms with Crippen molar-refractivity contribution in [3.05, 3.63) is 29.3 Å². The number of guanidine groups is 1. The lowest BCUT2D eigenvalue weighted by molar-refractivity contribution is -0.127. The zero-order chi connectivity index (χ0) is 17.8. The molecule has 6 nitrogen and oxygen atoms in total. The molecule has 0 saturated heterocycles. The lowest BCUT2D eigenvalue weighted by Gasteiger charge is -2.32. The molecule has 0 atom stereocenters. The molecule has 144 valence electrons. The van der Waals surface area contributed by atoms with Crippen LogP contribution >= 0.6 is 24.0 Å². The number of halogens is 1. The number of carbonyl (C=O) groups is 1. The second-order valence-corrected chi connectivity index (χ2v) is 6.88. The van der Waals surface area contributed by atoms with Crippen molar-refractivity contribution < 1.29 is 9.53 Å². The molecule has 0 unspecified atom stereocenters. The fraction of sp³-hybridized carbons (Fsp3) is 0.579. The average molecular weight is 472 g/mol. The van der Waals surface area contributed by atoms with Crippen LogP contribution in [0.15, 0.2) is 23.2 Å². The van der Waals surface area contributed by atoms with E-state index >= 15 is 0 Å². The van der Waals surface area contributed by atoms with Gasteiger partial charge in [0.2, 0.25) is 5.91 Å². The van der Waals surface area contributed by atoms with Crippen molar-refractivity contribution in [1.29, 1.82) is 0 Å². The molecule has 1 saturated carbocycles. The lowest BCUT2D eigenvalue weighted by Crippen LogP contribution is -2.45. The number of rotatable bonds is 5. The summed E-state index contributed by atoms with van der Waals surface area (Å²) in [5.74, 6) is 1.82. The Balaban J connectivity index is 0.00000243. The van der Waals surface area contributed by atoms with Crippen molar-refractivity contribution >= 4 is 35.8 Å². The zero-order valence-corrected chi connectivity index (χ0v) is 18.2. The van der Waals surface area contributed by atoms with Crippen LogP contribution in [0, 0.1) is 0 Å². The van der Waals surface area contributed by atoms with Gasteiger partial charge in [-0.2, -0.15) is 0 Å². The summed E-state index contributed by atoms with van der Waals surface area (Å²) < 4.78 is 5.60. The first kappa shape index (κ1) is 20.8. The van der Waals surface area contributed by atoms with Crippen molar-refractivity contribution in [2.45, 2.75) is 38.8 Å². The van der Waals surface area contributed by atoms with Gasteiger partial charge in [0.25, 0.3) is 0 Å². The molecular weight excluding hydrogens is 443 g/mol. The molecule has 0 radical (unpaired) electrons. The Bertz CT molecular complexity index is 659. The number of nitrogens with zero attached hydrogens (tertiary/aromatic N) is 3. The molecule has 26 heavy (non-hydrogen) atoms. The monoisotopic (exact) mass is 472 g/mol. The average Bonchev–Trinajstić information content (AvgIpc) is 3.42. The summed E-state index contributed by atoms with van der Waals surface area (Å²) in [7, 11) is 3.53. The van der Waals surface area contributed by atoms with Gasteiger partial charge in [0.15, 0.2) is 5.96 Å². The molecule has 0 spiro atoms. The quantitative estimate of drug-likeness (QED) is 0.406. The Morgan fingerprint density at radius 1 is 1.35 bits per heavy atom. The Kier molecular flexibility index (Phi) is 7.55. The topological polar surface area (TPSA) is 57.2 Å². The third kappa shape index (κ3) is 5.49. The van der Waals surface area contributed by atoms with Crippen LogP contribution in [0.25, 0.3) is 0 Å². The van der Waals surface area contributed by atoms with Gasteiger partial charge in [-0.05, 0) is 49.4 Å². The second kappa shape index (κ2) is 9.43. The first-order valence-corrected chi connectivity index (χ1v) is 9.07. The van der Waals surface area contributed by atoms with Gasteiger partial charge in [-0.15, -0.1) is 24.0 Å². The van der Waals surface area contributed by atoms with Crippen LogP contribution in [-0.4, -0.2) is 61.5 Å². The van der Waals surface area contributed by atoms with E-state index in [0.717, 1.165) is 31.2 Å². The lowest BCUT2D eigenvalue weighted by atomic mass is 9.99. The Labute approximate surface area is 173 Å². The molecule has 7 heteroatoms. The molecule has 1 aromatic rings. The summed E-state index contributed by atoms with van der Waals surface area (Å²) >= 11 is 0. The van der Waals surface area contributed by atoms with E-state index in [-0.39, 0.29) is 36.4 Å². The van der Waals surface area contributed by atoms with Crippen molar-refractivity contribution in [2.24, 2.45) is 4.99 Å². The molecule has 1 aliphatic heterocycles. The van der Waals surface area contributed by atoms with Crippen LogP contribution in [0.2, 0.25) is 0 Å². The summed E-state index contributed by atoms with van der Waals surface area (Å²) in [5, 5.41) is 3.50. The summed E-state index contributed by atoms with van der Waals surface area (Å²) in [6, 6.07) is 6.84. The van der Waals surface area contributed by atoms with Crippen LogP contribution in [-0.2, 0) is 17.8 Å². The maximum Gasteiger partial charge on any atom is 0.243 e. The van der Waals surface area contributed by atoms with E-state index in [9.17, 15) is 4.79 Å². The molecule has 1 aromatic carbocycles. The summed E-state index contributed by atoms with van der Waals surface area (Å²) in [6.45, 7) is 4.60. The number of fused-ring (bicyclic) bond motifs is 1. The maximum absolute atomic E-state index is 11.9. The number of aliphatic imine (C=N–C) groups is 1. The minimum Gasteiger partial charge on any atom is -0.494 e. The molecule has 1 heterocycles. The second-order valence-electron chi connectivity index (χ2n) is 6.88. The first-order chi connectivity index (χ1) is 12.1. The number of nitrogens with one attached hydrogen (secondary N) is 1. The van der Waals surface area contributed by atoms with Gasteiger partial charge in [0.1, 0.15) is 12.3 Å². The molecule has 3 rings (SSSR count). The molecule has 1 N–H and O–H groups in total. The number of benzene rings is 1. The van der Waals surface area contributed by atoms with Gasteiger partial charge in [-0.3, -0.25) is 4.79 Å². The fourth-order valence-corrected chi connectivity index (χ4v) is 2.90. The molecule has 0 bridgehead atoms. The van der Waals surface area contributed by atoms with Gasteiger partial charge in [-0.1, -0.05) is 6.07 Å². The van der Waals surface area contributed by atoms with E-state index < -0.39 is 0 Å². The van der Waals surface area contributed by atoms with Crippen molar-refractivity contribution in [1.82, 2.24) is 15.1 Å². The largest absolute Gasteiger partial charge is 0.494 e. The van der Waals surface area contributed by atoms with E-state index in [2.05, 4.69) is 27.3 Å². The summed E-state index contributed by atoms with van der Waals surface area (Å²) in [6.07, 6.45) is 3.33. The van der Waals surface area contributed by atoms with Crippen LogP contribution in [0.3, 0.4) is 0 Å². The van der Waals surface area contributed by atoms with Gasteiger partial charge >= 0.3 is 0 Å². The highest BCUT2D eigenvalue weighted by Crippen LogP contribution is 2.25. The van der Waals surface area contributed by atoms with Gasteiger partial charge in [0, 0.05) is 33.2 Å². The van der Waals surface area contributed by atoms with Crippen LogP contribution in [0.4, 0.5) is 0 Å².